The minimum atomic E-state index is -0.658. The van der Waals surface area contributed by atoms with Gasteiger partial charge < -0.3 is 4.74 Å². The number of benzene rings is 1. The van der Waals surface area contributed by atoms with E-state index in [9.17, 15) is 20.2 Å². The summed E-state index contributed by atoms with van der Waals surface area (Å²) in [7, 11) is 1.74. The maximum absolute atomic E-state index is 11.2. The lowest BCUT2D eigenvalue weighted by Gasteiger charge is -2.31. The van der Waals surface area contributed by atoms with Crippen molar-refractivity contribution in [1.82, 2.24) is 0 Å². The van der Waals surface area contributed by atoms with E-state index >= 15 is 0 Å². The zero-order chi connectivity index (χ0) is 19.1. The second-order valence-corrected chi connectivity index (χ2v) is 7.34. The molecule has 9 nitrogen and oxygen atoms in total. The quantitative estimate of drug-likeness (QED) is 0.629. The molecule has 9 heteroatoms. The molecule has 2 saturated carbocycles. The number of non-ortho nitro benzene ring substituents is 1. The molecule has 2 fully saturated rings. The van der Waals surface area contributed by atoms with Crippen LogP contribution in [-0.4, -0.2) is 28.3 Å². The van der Waals surface area contributed by atoms with Gasteiger partial charge in [0.25, 0.3) is 5.69 Å². The number of fused-ring (bicyclic) bond motifs is 2. The SMILES string of the molecule is CO[C@]1(C)C[C@@H]2C[C@H]1CC(=NNc1ccc([N+](=O)[O-])cc1[N+](=O)[O-])[C@@H]2C. The van der Waals surface area contributed by atoms with Crippen LogP contribution >= 0.6 is 0 Å². The number of rotatable bonds is 5. The summed E-state index contributed by atoms with van der Waals surface area (Å²) in [6.45, 7) is 4.25. The van der Waals surface area contributed by atoms with Crippen LogP contribution in [0.4, 0.5) is 17.1 Å². The zero-order valence-corrected chi connectivity index (χ0v) is 15.0. The van der Waals surface area contributed by atoms with Crippen LogP contribution < -0.4 is 5.43 Å². The Hall–Kier alpha value is -2.55. The minimum Gasteiger partial charge on any atom is -0.378 e. The molecule has 0 saturated heterocycles. The van der Waals surface area contributed by atoms with E-state index < -0.39 is 9.85 Å². The number of nitro groups is 2. The molecule has 1 aromatic rings. The van der Waals surface area contributed by atoms with Crippen LogP contribution in [-0.2, 0) is 4.74 Å². The van der Waals surface area contributed by atoms with E-state index in [1.54, 1.807) is 7.11 Å². The van der Waals surface area contributed by atoms with Gasteiger partial charge in [0.1, 0.15) is 5.69 Å². The number of nitrogens with one attached hydrogen (secondary N) is 1. The number of hydrazone groups is 1. The van der Waals surface area contributed by atoms with Crippen molar-refractivity contribution in [1.29, 1.82) is 0 Å². The first-order chi connectivity index (χ1) is 12.2. The molecule has 3 rings (SSSR count). The Bertz CT molecular complexity index is 780. The van der Waals surface area contributed by atoms with Gasteiger partial charge in [0.05, 0.1) is 21.5 Å². The van der Waals surface area contributed by atoms with Gasteiger partial charge in [-0.2, -0.15) is 5.10 Å². The summed E-state index contributed by atoms with van der Waals surface area (Å²) in [5, 5.41) is 26.5. The minimum absolute atomic E-state index is 0.146. The highest BCUT2D eigenvalue weighted by molar-refractivity contribution is 5.89. The Morgan fingerprint density at radius 3 is 2.65 bits per heavy atom. The summed E-state index contributed by atoms with van der Waals surface area (Å²) < 4.78 is 5.73. The van der Waals surface area contributed by atoms with E-state index in [1.165, 1.54) is 12.1 Å². The Kier molecular flexibility index (Phi) is 4.66. The van der Waals surface area contributed by atoms with Gasteiger partial charge in [-0.1, -0.05) is 6.92 Å². The summed E-state index contributed by atoms with van der Waals surface area (Å²) in [4.78, 5) is 20.8. The zero-order valence-electron chi connectivity index (χ0n) is 15.0. The van der Waals surface area contributed by atoms with Gasteiger partial charge in [-0.05, 0) is 50.0 Å². The van der Waals surface area contributed by atoms with Crippen LogP contribution in [0.25, 0.3) is 0 Å². The Labute approximate surface area is 150 Å². The highest BCUT2D eigenvalue weighted by Crippen LogP contribution is 2.51. The van der Waals surface area contributed by atoms with Gasteiger partial charge in [0, 0.05) is 18.9 Å². The predicted octanol–water partition coefficient (Wildman–Crippen LogP) is 3.74. The second kappa shape index (κ2) is 6.64. The van der Waals surface area contributed by atoms with Crippen molar-refractivity contribution in [2.45, 2.75) is 38.7 Å². The predicted molar refractivity (Wildman–Crippen MR) is 96.2 cm³/mol. The van der Waals surface area contributed by atoms with E-state index in [0.717, 1.165) is 31.0 Å². The smallest absolute Gasteiger partial charge is 0.301 e. The van der Waals surface area contributed by atoms with E-state index in [0.29, 0.717) is 11.8 Å². The largest absolute Gasteiger partial charge is 0.378 e. The molecule has 26 heavy (non-hydrogen) atoms. The number of hydrogen-bond acceptors (Lipinski definition) is 7. The highest BCUT2D eigenvalue weighted by Gasteiger charge is 2.50. The number of nitrogens with zero attached hydrogens (tertiary/aromatic N) is 3. The topological polar surface area (TPSA) is 120 Å². The molecule has 2 aliphatic rings. The second-order valence-electron chi connectivity index (χ2n) is 7.34. The fourth-order valence-electron chi connectivity index (χ4n) is 4.18. The van der Waals surface area contributed by atoms with Crippen LogP contribution in [0.1, 0.15) is 33.1 Å². The van der Waals surface area contributed by atoms with E-state index in [2.05, 4.69) is 24.4 Å². The lowest BCUT2D eigenvalue weighted by molar-refractivity contribution is -0.393. The van der Waals surface area contributed by atoms with E-state index in [1.807, 2.05) is 0 Å². The molecule has 0 unspecified atom stereocenters. The molecule has 0 radical (unpaired) electrons. The molecule has 2 bridgehead atoms. The number of methoxy groups -OCH3 is 1. The van der Waals surface area contributed by atoms with Crippen molar-refractivity contribution in [3.63, 3.8) is 0 Å². The van der Waals surface area contributed by atoms with Crippen LogP contribution in [0.5, 0.6) is 0 Å². The molecule has 0 amide bonds. The van der Waals surface area contributed by atoms with Gasteiger partial charge in [-0.25, -0.2) is 0 Å². The van der Waals surface area contributed by atoms with Gasteiger partial charge >= 0.3 is 5.69 Å². The molecule has 1 aromatic carbocycles. The Morgan fingerprint density at radius 2 is 2.04 bits per heavy atom. The molecule has 140 valence electrons. The van der Waals surface area contributed by atoms with Gasteiger partial charge in [-0.15, -0.1) is 0 Å². The number of ether oxygens (including phenoxy) is 1. The Balaban J connectivity index is 1.84. The van der Waals surface area contributed by atoms with Crippen LogP contribution in [0.15, 0.2) is 23.3 Å². The van der Waals surface area contributed by atoms with Crippen LogP contribution in [0.3, 0.4) is 0 Å². The molecule has 1 N–H and O–H groups in total. The van der Waals surface area contributed by atoms with E-state index in [4.69, 9.17) is 4.74 Å². The van der Waals surface area contributed by atoms with Crippen LogP contribution in [0, 0.1) is 38.0 Å². The Morgan fingerprint density at radius 1 is 1.31 bits per heavy atom. The van der Waals surface area contributed by atoms with Crippen molar-refractivity contribution >= 4 is 22.8 Å². The average molecular weight is 362 g/mol. The third-order valence-electron chi connectivity index (χ3n) is 5.98. The third-order valence-corrected chi connectivity index (χ3v) is 5.98. The molecule has 0 heterocycles. The number of nitro benzene ring substituents is 2. The van der Waals surface area contributed by atoms with Crippen molar-refractivity contribution in [3.8, 4) is 0 Å². The van der Waals surface area contributed by atoms with Gasteiger partial charge in [0.2, 0.25) is 0 Å². The number of anilines is 1. The molecular formula is C17H22N4O5. The third kappa shape index (κ3) is 3.14. The highest BCUT2D eigenvalue weighted by atomic mass is 16.6. The lowest BCUT2D eigenvalue weighted by atomic mass is 9.78. The van der Waals surface area contributed by atoms with Crippen molar-refractivity contribution in [2.75, 3.05) is 12.5 Å². The maximum Gasteiger partial charge on any atom is 0.301 e. The fraction of sp³-hybridized carbons (Fsp3) is 0.588. The summed E-state index contributed by atoms with van der Waals surface area (Å²) in [6, 6.07) is 3.49. The molecule has 0 aromatic heterocycles. The number of hydrogen-bond donors (Lipinski definition) is 1. The standard InChI is InChI=1S/C17H22N4O5/c1-10-11-6-12(17(2,9-11)26-3)7-15(10)19-18-14-5-4-13(20(22)23)8-16(14)21(24)25/h4-5,8,10-12,18H,6-7,9H2,1-3H3/t10-,11+,12+,17-/m1/s1. The summed E-state index contributed by atoms with van der Waals surface area (Å²) >= 11 is 0. The van der Waals surface area contributed by atoms with Crippen molar-refractivity contribution in [3.05, 3.63) is 38.4 Å². The summed E-state index contributed by atoms with van der Waals surface area (Å²) in [5.41, 5.74) is 3.02. The molecule has 0 aliphatic heterocycles. The normalized spacial score (nSPS) is 31.8. The maximum atomic E-state index is 11.2. The molecule has 4 atom stereocenters. The van der Waals surface area contributed by atoms with Crippen molar-refractivity contribution < 1.29 is 14.6 Å². The first-order valence-corrected chi connectivity index (χ1v) is 8.55. The first-order valence-electron chi connectivity index (χ1n) is 8.55. The van der Waals surface area contributed by atoms with Crippen molar-refractivity contribution in [2.24, 2.45) is 22.9 Å². The monoisotopic (exact) mass is 362 g/mol. The average Bonchev–Trinajstić information content (AvgIpc) is 2.90. The van der Waals surface area contributed by atoms with E-state index in [-0.39, 0.29) is 28.6 Å². The lowest BCUT2D eigenvalue weighted by Crippen LogP contribution is -2.33. The summed E-state index contributed by atoms with van der Waals surface area (Å²) in [5.74, 6) is 1.11. The first kappa shape index (κ1) is 18.2. The van der Waals surface area contributed by atoms with Gasteiger partial charge in [-0.3, -0.25) is 25.7 Å². The molecule has 0 spiro atoms. The molecular weight excluding hydrogens is 340 g/mol. The fourth-order valence-corrected chi connectivity index (χ4v) is 4.18. The van der Waals surface area contributed by atoms with Gasteiger partial charge in [0.15, 0.2) is 0 Å². The van der Waals surface area contributed by atoms with Crippen LogP contribution in [0.2, 0.25) is 0 Å². The molecule has 2 aliphatic carbocycles. The summed E-state index contributed by atoms with van der Waals surface area (Å²) in [6.07, 6.45) is 2.85.